The highest BCUT2D eigenvalue weighted by Gasteiger charge is 2.27. The highest BCUT2D eigenvalue weighted by atomic mass is 15.2. The molecule has 0 aliphatic carbocycles. The molecule has 0 aromatic heterocycles. The van der Waals surface area contributed by atoms with Gasteiger partial charge in [0.05, 0.1) is 5.69 Å². The van der Waals surface area contributed by atoms with Crippen molar-refractivity contribution in [2.24, 2.45) is 0 Å². The minimum Gasteiger partial charge on any atom is -0.310 e. The fourth-order valence-electron chi connectivity index (χ4n) is 21.2. The zero-order chi connectivity index (χ0) is 96.6. The highest BCUT2D eigenvalue weighted by molar-refractivity contribution is 6.24. The van der Waals surface area contributed by atoms with Crippen molar-refractivity contribution in [3.63, 3.8) is 0 Å². The number of anilines is 9. The second-order valence-electron chi connectivity index (χ2n) is 36.8. The van der Waals surface area contributed by atoms with Gasteiger partial charge in [0.1, 0.15) is 0 Å². The second-order valence-corrected chi connectivity index (χ2v) is 36.8. The van der Waals surface area contributed by atoms with Crippen molar-refractivity contribution in [2.45, 2.75) is 0 Å². The van der Waals surface area contributed by atoms with Crippen LogP contribution in [-0.2, 0) is 0 Å². The van der Waals surface area contributed by atoms with E-state index in [1.54, 1.807) is 0 Å². The van der Waals surface area contributed by atoms with E-state index in [4.69, 9.17) is 0 Å². The maximum Gasteiger partial charge on any atom is 0.0624 e. The van der Waals surface area contributed by atoms with Crippen molar-refractivity contribution < 1.29 is 0 Å². The molecule has 0 fully saturated rings. The third-order valence-corrected chi connectivity index (χ3v) is 28.2. The molecule has 26 rings (SSSR count). The number of hydrogen-bond donors (Lipinski definition) is 0. The van der Waals surface area contributed by atoms with Gasteiger partial charge in [-0.15, -0.1) is 0 Å². The van der Waals surface area contributed by atoms with Gasteiger partial charge in [-0.05, 0) is 273 Å². The molecule has 0 unspecified atom stereocenters. The first-order chi connectivity index (χ1) is 72.0. The summed E-state index contributed by atoms with van der Waals surface area (Å²) < 4.78 is 0. The summed E-state index contributed by atoms with van der Waals surface area (Å²) in [5.74, 6) is 0. The van der Waals surface area contributed by atoms with E-state index < -0.39 is 0 Å². The molecule has 0 N–H and O–H groups in total. The van der Waals surface area contributed by atoms with Gasteiger partial charge in [0, 0.05) is 56.4 Å². The van der Waals surface area contributed by atoms with Gasteiger partial charge >= 0.3 is 0 Å². The molecule has 0 radical (unpaired) electrons. The van der Waals surface area contributed by atoms with Crippen LogP contribution in [0.1, 0.15) is 0 Å². The lowest BCUT2D eigenvalue weighted by Crippen LogP contribution is -2.12. The molecule has 26 aromatic carbocycles. The van der Waals surface area contributed by atoms with E-state index in [1.807, 2.05) is 0 Å². The second kappa shape index (κ2) is 40.4. The Morgan fingerprint density at radius 3 is 0.738 bits per heavy atom. The van der Waals surface area contributed by atoms with E-state index in [-0.39, 0.29) is 0 Å². The van der Waals surface area contributed by atoms with E-state index in [1.165, 1.54) is 192 Å². The average Bonchev–Trinajstić information content (AvgIpc) is 0.737. The average molecular weight is 1850 g/mol. The van der Waals surface area contributed by atoms with Crippen LogP contribution in [0.4, 0.5) is 51.2 Å². The van der Waals surface area contributed by atoms with Gasteiger partial charge in [-0.3, -0.25) is 0 Å². The van der Waals surface area contributed by atoms with Crippen LogP contribution in [0.3, 0.4) is 0 Å². The Balaban J connectivity index is 0.000000117. The third-order valence-electron chi connectivity index (χ3n) is 28.2. The van der Waals surface area contributed by atoms with E-state index in [0.717, 1.165) is 45.5 Å². The van der Waals surface area contributed by atoms with Crippen LogP contribution in [0, 0.1) is 0 Å². The summed E-state index contributed by atoms with van der Waals surface area (Å²) in [5.41, 5.74) is 34.3. The quantitative estimate of drug-likeness (QED) is 0.0747. The van der Waals surface area contributed by atoms with E-state index >= 15 is 0 Å². The van der Waals surface area contributed by atoms with Crippen LogP contribution in [0.5, 0.6) is 0 Å². The SMILES string of the molecule is c1ccc(-c2ccc(N(c3ccc(-c4ccccc4)cc3)c3c(-c4ccccc4)c4ccccc4c4ccccc34)cc2)cc1.c1ccc(-c2ccc(N(c3ccc(-c4ccccc4)cc3)c3cccc(-c4c(-c5ccccc5)c5ccccc5c5ccccc45)c3)cc2)cc1.c1ccc(-c2ccccc2-c2ccc(N(c3ccc(-c4cccc5ccccc45)cc3)c3ccc4ccc5ccccc5c4c3)cc2)cc1. The molecule has 0 aliphatic heterocycles. The Morgan fingerprint density at radius 1 is 0.0966 bits per heavy atom. The van der Waals surface area contributed by atoms with E-state index in [9.17, 15) is 0 Å². The molecule has 26 aromatic rings. The molecule has 0 aliphatic rings. The molecular weight excluding hydrogens is 1750 g/mol. The molecule has 0 bridgehead atoms. The van der Waals surface area contributed by atoms with Crippen molar-refractivity contribution in [3.05, 3.63) is 601 Å². The minimum atomic E-state index is 1.10. The molecule has 0 spiro atoms. The summed E-state index contributed by atoms with van der Waals surface area (Å²) in [5, 5.41) is 17.5. The molecule has 682 valence electrons. The number of hydrogen-bond acceptors (Lipinski definition) is 3. The predicted octanol–water partition coefficient (Wildman–Crippen LogP) is 40.2. The molecule has 0 saturated carbocycles. The Hall–Kier alpha value is -19.1. The van der Waals surface area contributed by atoms with Gasteiger partial charge in [-0.1, -0.05) is 504 Å². The van der Waals surface area contributed by atoms with Crippen LogP contribution >= 0.6 is 0 Å². The Labute approximate surface area is 847 Å². The zero-order valence-corrected chi connectivity index (χ0v) is 80.0. The normalized spacial score (nSPS) is 11.2. The largest absolute Gasteiger partial charge is 0.310 e. The first-order valence-electron chi connectivity index (χ1n) is 49.8. The van der Waals surface area contributed by atoms with Crippen LogP contribution in [-0.4, -0.2) is 0 Å². The summed E-state index contributed by atoms with van der Waals surface area (Å²) in [6.07, 6.45) is 0. The summed E-state index contributed by atoms with van der Waals surface area (Å²) in [6.45, 7) is 0. The maximum absolute atomic E-state index is 2.45. The van der Waals surface area contributed by atoms with Crippen molar-refractivity contribution in [3.8, 4) is 111 Å². The summed E-state index contributed by atoms with van der Waals surface area (Å²) in [6, 6.07) is 217. The smallest absolute Gasteiger partial charge is 0.0624 e. The molecule has 3 heteroatoms. The summed E-state index contributed by atoms with van der Waals surface area (Å²) in [7, 11) is 0. The van der Waals surface area contributed by atoms with Crippen molar-refractivity contribution in [1.29, 1.82) is 0 Å². The molecule has 0 amide bonds. The molecule has 0 atom stereocenters. The zero-order valence-electron chi connectivity index (χ0n) is 80.0. The number of rotatable bonds is 19. The fourth-order valence-corrected chi connectivity index (χ4v) is 21.2. The van der Waals surface area contributed by atoms with Crippen molar-refractivity contribution in [1.82, 2.24) is 0 Å². The Bertz CT molecular complexity index is 8910. The molecule has 145 heavy (non-hydrogen) atoms. The number of nitrogens with zero attached hydrogens (tertiary/aromatic N) is 3. The first-order valence-corrected chi connectivity index (χ1v) is 49.8. The van der Waals surface area contributed by atoms with Gasteiger partial charge in [0.15, 0.2) is 0 Å². The molecule has 0 saturated heterocycles. The Kier molecular flexibility index (Phi) is 24.7. The topological polar surface area (TPSA) is 9.72 Å². The van der Waals surface area contributed by atoms with E-state index in [2.05, 4.69) is 615 Å². The third kappa shape index (κ3) is 18.0. The summed E-state index contributed by atoms with van der Waals surface area (Å²) in [4.78, 5) is 7.19. The predicted molar refractivity (Wildman–Crippen MR) is 620 cm³/mol. The standard InChI is InChI=1S/C50H35N.C48H33N.C44H31N/c1-4-15-36(16-5-1)38-27-31-42(32-28-38)51(43-33-29-39(30-34-43)37-17-6-2-7-18-37)44-22-14-21-41(35-44)50-48-26-13-11-24-46(48)45-23-10-12-25-47(45)49(50)40-19-8-3-9-20-40;1-2-11-34(12-3-1)43-17-8-9-18-45(43)37-23-28-40(29-24-37)49(42-32-27-39-22-21-36-14-5-7-19-47(36)48(39)33-42)41-30-25-38(26-31-41)46-20-10-15-35-13-4-6-16-44(35)46;1-4-14-32(15-5-1)34-24-28-37(29-25-34)45(38-30-26-35(27-31-38)33-16-6-2-7-17-33)44-42-23-13-11-21-40(42)39-20-10-12-22-41(39)43(44)36-18-8-3-9-19-36/h1-35H;1-33H;1-31H. The first kappa shape index (κ1) is 88.6. The van der Waals surface area contributed by atoms with Gasteiger partial charge in [0.2, 0.25) is 0 Å². The Morgan fingerprint density at radius 2 is 0.324 bits per heavy atom. The van der Waals surface area contributed by atoms with Crippen LogP contribution in [0.15, 0.2) is 601 Å². The van der Waals surface area contributed by atoms with Crippen molar-refractivity contribution in [2.75, 3.05) is 14.7 Å². The van der Waals surface area contributed by atoms with Gasteiger partial charge < -0.3 is 14.7 Å². The summed E-state index contributed by atoms with van der Waals surface area (Å²) >= 11 is 0. The van der Waals surface area contributed by atoms with Gasteiger partial charge in [0.25, 0.3) is 0 Å². The lowest BCUT2D eigenvalue weighted by atomic mass is 9.85. The lowest BCUT2D eigenvalue weighted by Gasteiger charge is -2.31. The fraction of sp³-hybridized carbons (Fsp3) is 0. The van der Waals surface area contributed by atoms with Crippen LogP contribution < -0.4 is 14.7 Å². The molecule has 0 heterocycles. The molecule has 3 nitrogen and oxygen atoms in total. The van der Waals surface area contributed by atoms with Gasteiger partial charge in [-0.2, -0.15) is 0 Å². The van der Waals surface area contributed by atoms with E-state index in [0.29, 0.717) is 0 Å². The number of fused-ring (bicyclic) bond motifs is 10. The van der Waals surface area contributed by atoms with Gasteiger partial charge in [-0.25, -0.2) is 0 Å². The lowest BCUT2D eigenvalue weighted by molar-refractivity contribution is 1.28. The maximum atomic E-state index is 2.45. The minimum absolute atomic E-state index is 1.10. The highest BCUT2D eigenvalue weighted by Crippen LogP contribution is 2.53. The van der Waals surface area contributed by atoms with Crippen LogP contribution in [0.25, 0.3) is 187 Å². The van der Waals surface area contributed by atoms with Crippen LogP contribution in [0.2, 0.25) is 0 Å². The monoisotopic (exact) mass is 1850 g/mol. The number of benzene rings is 26. The molecular formula is C142H99N3. The van der Waals surface area contributed by atoms with Crippen molar-refractivity contribution >= 4 is 127 Å².